The summed E-state index contributed by atoms with van der Waals surface area (Å²) in [6.07, 6.45) is 27.6. The van der Waals surface area contributed by atoms with Crippen molar-refractivity contribution < 1.29 is 26.2 Å². The number of rotatable bonds is 4. The van der Waals surface area contributed by atoms with Crippen molar-refractivity contribution in [3.63, 3.8) is 0 Å². The summed E-state index contributed by atoms with van der Waals surface area (Å²) in [5, 5.41) is 0. The molecule has 0 atom stereocenters. The van der Waals surface area contributed by atoms with Crippen molar-refractivity contribution in [3.8, 4) is 0 Å². The van der Waals surface area contributed by atoms with Crippen LogP contribution in [0.5, 0.6) is 0 Å². The Balaban J connectivity index is 0.000000324. The molecule has 0 radical (unpaired) electrons. The van der Waals surface area contributed by atoms with Crippen LogP contribution in [0.1, 0.15) is 39.5 Å². The van der Waals surface area contributed by atoms with Crippen LogP contribution in [0.25, 0.3) is 0 Å². The average molecular weight is 330 g/mol. The molecule has 0 aliphatic heterocycles. The van der Waals surface area contributed by atoms with Gasteiger partial charge in [0, 0.05) is 0 Å². The maximum Gasteiger partial charge on any atom is 2.00 e. The average Bonchev–Trinajstić information content (AvgIpc) is 3.07. The number of hydrogen-bond donors (Lipinski definition) is 0. The summed E-state index contributed by atoms with van der Waals surface area (Å²) < 4.78 is 0. The van der Waals surface area contributed by atoms with E-state index in [0.717, 1.165) is 25.7 Å². The molecule has 1 heteroatoms. The Morgan fingerprint density at radius 2 is 1.32 bits per heavy atom. The first-order valence-electron chi connectivity index (χ1n) is 6.74. The van der Waals surface area contributed by atoms with Gasteiger partial charge in [0.25, 0.3) is 0 Å². The zero-order valence-corrected chi connectivity index (χ0v) is 14.4. The molecule has 0 aromatic rings. The topological polar surface area (TPSA) is 0 Å². The monoisotopic (exact) mass is 328 g/mol. The van der Waals surface area contributed by atoms with E-state index >= 15 is 0 Å². The summed E-state index contributed by atoms with van der Waals surface area (Å²) in [5.74, 6) is 0. The van der Waals surface area contributed by atoms with Crippen molar-refractivity contribution >= 4 is 0 Å². The van der Waals surface area contributed by atoms with Gasteiger partial charge in [-0.15, -0.1) is 24.3 Å². The van der Waals surface area contributed by atoms with Crippen LogP contribution >= 0.6 is 0 Å². The smallest absolute Gasteiger partial charge is 0.198 e. The van der Waals surface area contributed by atoms with Gasteiger partial charge in [-0.2, -0.15) is 47.6 Å². The second-order valence-electron chi connectivity index (χ2n) is 4.10. The SMILES string of the molecule is CCC=CC1=[C-]CC=C1.CCC=CC1=[C-]CC=C1.[Zr+2]. The molecular formula is C18H22Zr. The van der Waals surface area contributed by atoms with E-state index in [4.69, 9.17) is 0 Å². The Morgan fingerprint density at radius 1 is 0.895 bits per heavy atom. The van der Waals surface area contributed by atoms with Crippen LogP contribution in [0, 0.1) is 12.2 Å². The Hall–Kier alpha value is -0.677. The second-order valence-corrected chi connectivity index (χ2v) is 4.10. The molecule has 0 saturated heterocycles. The Kier molecular flexibility index (Phi) is 11.9. The molecule has 19 heavy (non-hydrogen) atoms. The summed E-state index contributed by atoms with van der Waals surface area (Å²) >= 11 is 0. The molecule has 2 aliphatic rings. The molecule has 98 valence electrons. The Morgan fingerprint density at radius 3 is 1.58 bits per heavy atom. The van der Waals surface area contributed by atoms with Gasteiger partial charge in [-0.1, -0.05) is 26.7 Å². The quantitative estimate of drug-likeness (QED) is 0.615. The van der Waals surface area contributed by atoms with Crippen LogP contribution < -0.4 is 0 Å². The van der Waals surface area contributed by atoms with E-state index < -0.39 is 0 Å². The van der Waals surface area contributed by atoms with E-state index in [1.165, 1.54) is 11.1 Å². The summed E-state index contributed by atoms with van der Waals surface area (Å²) in [4.78, 5) is 0. The van der Waals surface area contributed by atoms with Gasteiger partial charge in [0.15, 0.2) is 0 Å². The van der Waals surface area contributed by atoms with Crippen molar-refractivity contribution in [2.24, 2.45) is 0 Å². The van der Waals surface area contributed by atoms with Gasteiger partial charge >= 0.3 is 26.2 Å². The molecular weight excluding hydrogens is 307 g/mol. The van der Waals surface area contributed by atoms with Crippen molar-refractivity contribution in [3.05, 3.63) is 71.9 Å². The van der Waals surface area contributed by atoms with Crippen molar-refractivity contribution in [2.45, 2.75) is 39.5 Å². The fraction of sp³-hybridized carbons (Fsp3) is 0.333. The Bertz CT molecular complexity index is 363. The predicted molar refractivity (Wildman–Crippen MR) is 79.9 cm³/mol. The van der Waals surface area contributed by atoms with Crippen molar-refractivity contribution in [1.29, 1.82) is 0 Å². The zero-order valence-electron chi connectivity index (χ0n) is 11.9. The first-order chi connectivity index (χ1) is 8.86. The molecule has 0 saturated carbocycles. The molecule has 0 heterocycles. The normalized spacial score (nSPS) is 16.3. The number of allylic oxidation sites excluding steroid dienone is 12. The van der Waals surface area contributed by atoms with Crippen molar-refractivity contribution in [1.82, 2.24) is 0 Å². The molecule has 0 aromatic carbocycles. The minimum Gasteiger partial charge on any atom is -0.198 e. The minimum absolute atomic E-state index is 0. The van der Waals surface area contributed by atoms with Crippen LogP contribution in [-0.2, 0) is 26.2 Å². The second kappa shape index (κ2) is 12.4. The van der Waals surface area contributed by atoms with Crippen LogP contribution in [0.15, 0.2) is 59.8 Å². The van der Waals surface area contributed by atoms with E-state index in [1.54, 1.807) is 0 Å². The van der Waals surface area contributed by atoms with Crippen molar-refractivity contribution in [2.75, 3.05) is 0 Å². The van der Waals surface area contributed by atoms with Gasteiger partial charge in [0.05, 0.1) is 0 Å². The molecule has 0 N–H and O–H groups in total. The molecule has 0 unspecified atom stereocenters. The van der Waals surface area contributed by atoms with E-state index in [2.05, 4.69) is 74.6 Å². The van der Waals surface area contributed by atoms with Crippen LogP contribution in [-0.4, -0.2) is 0 Å². The van der Waals surface area contributed by atoms with Gasteiger partial charge in [0.1, 0.15) is 0 Å². The molecule has 0 bridgehead atoms. The first-order valence-corrected chi connectivity index (χ1v) is 6.74. The third kappa shape index (κ3) is 8.95. The van der Waals surface area contributed by atoms with Gasteiger partial charge in [-0.05, 0) is 12.8 Å². The zero-order chi connectivity index (χ0) is 13.1. The predicted octanol–water partition coefficient (Wildman–Crippen LogP) is 5.28. The van der Waals surface area contributed by atoms with Gasteiger partial charge < -0.3 is 0 Å². The van der Waals surface area contributed by atoms with Gasteiger partial charge in [-0.25, -0.2) is 0 Å². The molecule has 2 aliphatic carbocycles. The minimum atomic E-state index is 0. The summed E-state index contributed by atoms with van der Waals surface area (Å²) in [5.41, 5.74) is 2.47. The van der Waals surface area contributed by atoms with E-state index in [-0.39, 0.29) is 26.2 Å². The largest absolute Gasteiger partial charge is 2.00 e. The van der Waals surface area contributed by atoms with Crippen LogP contribution in [0.4, 0.5) is 0 Å². The summed E-state index contributed by atoms with van der Waals surface area (Å²) in [6.45, 7) is 4.27. The number of hydrogen-bond acceptors (Lipinski definition) is 0. The van der Waals surface area contributed by atoms with Crippen LogP contribution in [0.2, 0.25) is 0 Å². The fourth-order valence-corrected chi connectivity index (χ4v) is 1.56. The van der Waals surface area contributed by atoms with E-state index in [1.807, 2.05) is 0 Å². The van der Waals surface area contributed by atoms with Gasteiger partial charge in [0.2, 0.25) is 0 Å². The summed E-state index contributed by atoms with van der Waals surface area (Å²) in [7, 11) is 0. The first kappa shape index (κ1) is 18.3. The fourth-order valence-electron chi connectivity index (χ4n) is 1.56. The van der Waals surface area contributed by atoms with Crippen LogP contribution in [0.3, 0.4) is 0 Å². The summed E-state index contributed by atoms with van der Waals surface area (Å²) in [6, 6.07) is 0. The maximum absolute atomic E-state index is 3.21. The van der Waals surface area contributed by atoms with Gasteiger partial charge in [-0.3, -0.25) is 0 Å². The molecule has 0 spiro atoms. The standard InChI is InChI=1S/2C9H11.Zr/c2*1-2-3-6-9-7-4-5-8-9;/h2*3-4,6-7H,2,5H2,1H3;/q2*-1;+2. The third-order valence-corrected chi connectivity index (χ3v) is 2.51. The third-order valence-electron chi connectivity index (χ3n) is 2.51. The van der Waals surface area contributed by atoms with E-state index in [0.29, 0.717) is 0 Å². The molecule has 0 amide bonds. The molecule has 2 rings (SSSR count). The molecule has 0 nitrogen and oxygen atoms in total. The van der Waals surface area contributed by atoms with E-state index in [9.17, 15) is 0 Å². The molecule has 0 fully saturated rings. The molecule has 0 aromatic heterocycles. The maximum atomic E-state index is 3.21. The Labute approximate surface area is 137 Å².